The molecule has 1 aliphatic rings. The molecule has 0 amide bonds. The van der Waals surface area contributed by atoms with Gasteiger partial charge in [0.05, 0.1) is 12.7 Å². The number of unbranched alkanes of at least 4 members (excludes halogenated alkanes) is 1. The lowest BCUT2D eigenvalue weighted by Crippen LogP contribution is -2.58. The van der Waals surface area contributed by atoms with Crippen LogP contribution in [-0.4, -0.2) is 79.1 Å². The van der Waals surface area contributed by atoms with Gasteiger partial charge in [0.25, 0.3) is 0 Å². The maximum Gasteiger partial charge on any atom is 0.338 e. The average molecular weight is 573 g/mol. The van der Waals surface area contributed by atoms with E-state index in [1.807, 2.05) is 6.92 Å². The Morgan fingerprint density at radius 1 is 0.854 bits per heavy atom. The molecule has 1 saturated carbocycles. The van der Waals surface area contributed by atoms with Crippen molar-refractivity contribution in [1.82, 2.24) is 0 Å². The Labute approximate surface area is 235 Å². The van der Waals surface area contributed by atoms with Gasteiger partial charge in [0.15, 0.2) is 34.7 Å². The number of phenolic OH excluding ortho intramolecular Hbond substituents is 4. The van der Waals surface area contributed by atoms with Crippen LogP contribution in [0.5, 0.6) is 23.0 Å². The fourth-order valence-electron chi connectivity index (χ4n) is 4.09. The molecule has 4 atom stereocenters. The third-order valence-corrected chi connectivity index (χ3v) is 6.28. The van der Waals surface area contributed by atoms with E-state index in [9.17, 15) is 45.0 Å². The van der Waals surface area contributed by atoms with Crippen LogP contribution in [-0.2, 0) is 28.6 Å². The molecule has 4 unspecified atom stereocenters. The number of aromatic hydroxyl groups is 4. The van der Waals surface area contributed by atoms with Crippen LogP contribution in [0.3, 0.4) is 0 Å². The molecule has 0 aliphatic heterocycles. The molecule has 2 aromatic carbocycles. The molecule has 1 fully saturated rings. The Kier molecular flexibility index (Phi) is 10.3. The summed E-state index contributed by atoms with van der Waals surface area (Å²) in [5.74, 6) is -4.48. The van der Waals surface area contributed by atoms with Gasteiger partial charge in [0.2, 0.25) is 0 Å². The van der Waals surface area contributed by atoms with Crippen LogP contribution in [0.2, 0.25) is 0 Å². The topological polar surface area (TPSA) is 200 Å². The minimum Gasteiger partial charge on any atom is -0.504 e. The van der Waals surface area contributed by atoms with Crippen molar-refractivity contribution in [3.8, 4) is 23.0 Å². The van der Waals surface area contributed by atoms with Crippen molar-refractivity contribution < 1.29 is 59.2 Å². The lowest BCUT2D eigenvalue weighted by Gasteiger charge is -2.41. The van der Waals surface area contributed by atoms with Gasteiger partial charge in [0.1, 0.15) is 6.10 Å². The Balaban J connectivity index is 1.78. The molecule has 0 radical (unpaired) electrons. The van der Waals surface area contributed by atoms with Crippen molar-refractivity contribution in [3.63, 3.8) is 0 Å². The summed E-state index contributed by atoms with van der Waals surface area (Å²) in [5, 5.41) is 59.9. The van der Waals surface area contributed by atoms with Crippen LogP contribution in [0.25, 0.3) is 12.2 Å². The average Bonchev–Trinajstić information content (AvgIpc) is 2.92. The molecule has 12 heteroatoms. The normalized spacial score (nSPS) is 22.5. The summed E-state index contributed by atoms with van der Waals surface area (Å²) in [7, 11) is 0. The molecular weight excluding hydrogens is 540 g/mol. The summed E-state index contributed by atoms with van der Waals surface area (Å²) in [5.41, 5.74) is -1.54. The summed E-state index contributed by atoms with van der Waals surface area (Å²) in [6.45, 7) is 1.92. The Morgan fingerprint density at radius 3 is 1.90 bits per heavy atom. The van der Waals surface area contributed by atoms with Gasteiger partial charge in [-0.2, -0.15) is 0 Å². The molecule has 12 nitrogen and oxygen atoms in total. The number of esters is 3. The van der Waals surface area contributed by atoms with E-state index in [4.69, 9.17) is 14.2 Å². The smallest absolute Gasteiger partial charge is 0.338 e. The number of aliphatic hydroxyl groups is 2. The molecule has 1 aliphatic carbocycles. The second kappa shape index (κ2) is 13.7. The molecule has 2 aromatic rings. The standard InChI is InChI=1S/C29H32O12/c1-2-3-12-39-28(37)29(38)15-23(34)27(41-26(36)11-7-18-5-9-20(31)22(33)14-18)24(16-29)40-25(35)10-6-17-4-8-19(30)21(32)13-17/h4-11,13-14,23-24,27,30-34,38H,2-3,12,15-16H2,1H3. The number of phenols is 4. The lowest BCUT2D eigenvalue weighted by atomic mass is 9.79. The SMILES string of the molecule is CCCCOC(=O)C1(O)CC(O)C(OC(=O)C=Cc2ccc(O)c(O)c2)C(OC(=O)C=Cc2ccc(O)c(O)c2)C1. The first-order valence-electron chi connectivity index (χ1n) is 12.8. The van der Waals surface area contributed by atoms with E-state index < -0.39 is 66.2 Å². The quantitative estimate of drug-likeness (QED) is 0.0799. The first kappa shape index (κ1) is 31.0. The second-order valence-electron chi connectivity index (χ2n) is 9.54. The van der Waals surface area contributed by atoms with Crippen LogP contribution >= 0.6 is 0 Å². The minimum atomic E-state index is -2.23. The van der Waals surface area contributed by atoms with Crippen LogP contribution in [0.1, 0.15) is 43.7 Å². The van der Waals surface area contributed by atoms with Gasteiger partial charge in [-0.25, -0.2) is 14.4 Å². The summed E-state index contributed by atoms with van der Waals surface area (Å²) < 4.78 is 15.8. The second-order valence-corrected chi connectivity index (χ2v) is 9.54. The summed E-state index contributed by atoms with van der Waals surface area (Å²) in [4.78, 5) is 37.8. The van der Waals surface area contributed by atoms with Crippen LogP contribution < -0.4 is 0 Å². The molecule has 0 aromatic heterocycles. The molecule has 3 rings (SSSR count). The zero-order valence-corrected chi connectivity index (χ0v) is 22.2. The first-order chi connectivity index (χ1) is 19.4. The number of ether oxygens (including phenoxy) is 3. The van der Waals surface area contributed by atoms with Crippen molar-refractivity contribution in [2.24, 2.45) is 0 Å². The number of carbonyl (C=O) groups excluding carboxylic acids is 3. The van der Waals surface area contributed by atoms with Gasteiger partial charge in [-0.3, -0.25) is 0 Å². The molecule has 41 heavy (non-hydrogen) atoms. The molecule has 0 heterocycles. The number of carbonyl (C=O) groups is 3. The number of aliphatic hydroxyl groups excluding tert-OH is 1. The highest BCUT2D eigenvalue weighted by atomic mass is 16.6. The Hall–Kier alpha value is -4.55. The van der Waals surface area contributed by atoms with Crippen molar-refractivity contribution in [3.05, 3.63) is 59.7 Å². The van der Waals surface area contributed by atoms with Crippen LogP contribution in [0.4, 0.5) is 0 Å². The third-order valence-electron chi connectivity index (χ3n) is 6.28. The van der Waals surface area contributed by atoms with E-state index in [1.54, 1.807) is 0 Å². The van der Waals surface area contributed by atoms with Gasteiger partial charge in [-0.1, -0.05) is 25.5 Å². The summed E-state index contributed by atoms with van der Waals surface area (Å²) >= 11 is 0. The number of hydrogen-bond donors (Lipinski definition) is 6. The molecule has 0 spiro atoms. The van der Waals surface area contributed by atoms with Crippen LogP contribution in [0, 0.1) is 0 Å². The van der Waals surface area contributed by atoms with Crippen molar-refractivity contribution in [2.75, 3.05) is 6.61 Å². The molecule has 220 valence electrons. The molecule has 0 saturated heterocycles. The number of rotatable bonds is 10. The largest absolute Gasteiger partial charge is 0.504 e. The van der Waals surface area contributed by atoms with Gasteiger partial charge in [-0.05, 0) is 54.0 Å². The summed E-state index contributed by atoms with van der Waals surface area (Å²) in [6, 6.07) is 7.66. The zero-order chi connectivity index (χ0) is 30.2. The fourth-order valence-corrected chi connectivity index (χ4v) is 4.09. The molecule has 6 N–H and O–H groups in total. The van der Waals surface area contributed by atoms with Crippen LogP contribution in [0.15, 0.2) is 48.6 Å². The van der Waals surface area contributed by atoms with Crippen molar-refractivity contribution >= 4 is 30.1 Å². The zero-order valence-electron chi connectivity index (χ0n) is 22.2. The van der Waals surface area contributed by atoms with Gasteiger partial charge in [-0.15, -0.1) is 0 Å². The van der Waals surface area contributed by atoms with Gasteiger partial charge >= 0.3 is 17.9 Å². The fraction of sp³-hybridized carbons (Fsp3) is 0.345. The van der Waals surface area contributed by atoms with Gasteiger partial charge < -0.3 is 44.8 Å². The van der Waals surface area contributed by atoms with Crippen molar-refractivity contribution in [1.29, 1.82) is 0 Å². The highest BCUT2D eigenvalue weighted by Gasteiger charge is 2.53. The Morgan fingerprint density at radius 2 is 1.39 bits per heavy atom. The third kappa shape index (κ3) is 8.47. The molecule has 0 bridgehead atoms. The van der Waals surface area contributed by atoms with E-state index in [2.05, 4.69) is 0 Å². The van der Waals surface area contributed by atoms with Gasteiger partial charge in [0, 0.05) is 25.0 Å². The van der Waals surface area contributed by atoms with Crippen molar-refractivity contribution in [2.45, 2.75) is 56.5 Å². The van der Waals surface area contributed by atoms with E-state index in [1.165, 1.54) is 48.6 Å². The maximum absolute atomic E-state index is 12.6. The highest BCUT2D eigenvalue weighted by Crippen LogP contribution is 2.34. The minimum absolute atomic E-state index is 0.0381. The number of hydrogen-bond acceptors (Lipinski definition) is 12. The lowest BCUT2D eigenvalue weighted by molar-refractivity contribution is -0.207. The molecular formula is C29H32O12. The van der Waals surface area contributed by atoms with E-state index >= 15 is 0 Å². The Bertz CT molecular complexity index is 1320. The predicted molar refractivity (Wildman–Crippen MR) is 143 cm³/mol. The number of benzene rings is 2. The monoisotopic (exact) mass is 572 g/mol. The first-order valence-corrected chi connectivity index (χ1v) is 12.8. The van der Waals surface area contributed by atoms with E-state index in [0.29, 0.717) is 17.5 Å². The summed E-state index contributed by atoms with van der Waals surface area (Å²) in [6.07, 6.45) is 0.110. The van der Waals surface area contributed by atoms with E-state index in [0.717, 1.165) is 18.6 Å². The maximum atomic E-state index is 12.6. The predicted octanol–water partition coefficient (Wildman–Crippen LogP) is 2.29. The van der Waals surface area contributed by atoms with E-state index in [-0.39, 0.29) is 18.1 Å². The highest BCUT2D eigenvalue weighted by molar-refractivity contribution is 5.88.